The minimum absolute atomic E-state index is 0.0470. The minimum Gasteiger partial charge on any atom is -0.394 e. The number of hydrogen-bond donors (Lipinski definition) is 1. The summed E-state index contributed by atoms with van der Waals surface area (Å²) in [5.41, 5.74) is 0. The Kier molecular flexibility index (Phi) is 22.3. The molecule has 0 radical (unpaired) electrons. The van der Waals surface area contributed by atoms with Gasteiger partial charge in [-0.2, -0.15) is 0 Å². The molecule has 0 aromatic carbocycles. The van der Waals surface area contributed by atoms with Gasteiger partial charge in [0.15, 0.2) is 0 Å². The first kappa shape index (κ1) is 28.8. The molecule has 2 unspecified atom stereocenters. The van der Waals surface area contributed by atoms with Crippen LogP contribution in [-0.2, 0) is 23.7 Å². The Hall–Kier alpha value is -0.240. The summed E-state index contributed by atoms with van der Waals surface area (Å²) in [5, 5.41) is 8.55. The van der Waals surface area contributed by atoms with Gasteiger partial charge in [-0.15, -0.1) is 0 Å². The third-order valence-corrected chi connectivity index (χ3v) is 4.75. The number of aliphatic hydroxyl groups is 1. The van der Waals surface area contributed by atoms with E-state index in [0.717, 1.165) is 30.8 Å². The molecule has 0 saturated carbocycles. The van der Waals surface area contributed by atoms with E-state index in [9.17, 15) is 0 Å². The van der Waals surface area contributed by atoms with Crippen molar-refractivity contribution in [1.29, 1.82) is 0 Å². The Morgan fingerprint density at radius 1 is 0.517 bits per heavy atom. The third kappa shape index (κ3) is 23.9. The van der Waals surface area contributed by atoms with Crippen molar-refractivity contribution < 1.29 is 28.8 Å². The zero-order chi connectivity index (χ0) is 21.6. The molecule has 0 aromatic rings. The van der Waals surface area contributed by atoms with Crippen LogP contribution < -0.4 is 0 Å². The largest absolute Gasteiger partial charge is 0.394 e. The van der Waals surface area contributed by atoms with Gasteiger partial charge in [0.25, 0.3) is 0 Å². The van der Waals surface area contributed by atoms with Gasteiger partial charge in [0.1, 0.15) is 0 Å². The van der Waals surface area contributed by atoms with Crippen LogP contribution in [0.15, 0.2) is 0 Å². The molecular formula is C23H48O6. The van der Waals surface area contributed by atoms with E-state index >= 15 is 0 Å². The van der Waals surface area contributed by atoms with Crippen LogP contribution >= 0.6 is 0 Å². The highest BCUT2D eigenvalue weighted by molar-refractivity contribution is 4.59. The fourth-order valence-electron chi connectivity index (χ4n) is 3.21. The van der Waals surface area contributed by atoms with Crippen molar-refractivity contribution in [3.63, 3.8) is 0 Å². The molecule has 1 N–H and O–H groups in total. The average molecular weight is 421 g/mol. The van der Waals surface area contributed by atoms with Crippen LogP contribution in [0.3, 0.4) is 0 Å². The van der Waals surface area contributed by atoms with Crippen LogP contribution in [0.4, 0.5) is 0 Å². The van der Waals surface area contributed by atoms with Gasteiger partial charge < -0.3 is 28.8 Å². The first-order valence-electron chi connectivity index (χ1n) is 11.6. The lowest BCUT2D eigenvalue weighted by molar-refractivity contribution is -0.0138. The summed E-state index contributed by atoms with van der Waals surface area (Å²) in [6.07, 6.45) is 6.47. The van der Waals surface area contributed by atoms with Crippen molar-refractivity contribution in [3.05, 3.63) is 0 Å². The van der Waals surface area contributed by atoms with Crippen molar-refractivity contribution in [3.8, 4) is 0 Å². The van der Waals surface area contributed by atoms with Gasteiger partial charge in [0, 0.05) is 6.61 Å². The van der Waals surface area contributed by atoms with Gasteiger partial charge >= 0.3 is 0 Å². The second kappa shape index (κ2) is 22.4. The van der Waals surface area contributed by atoms with Crippen molar-refractivity contribution in [2.75, 3.05) is 72.7 Å². The predicted octanol–water partition coefficient (Wildman–Crippen LogP) is 3.94. The van der Waals surface area contributed by atoms with Crippen LogP contribution in [0.1, 0.15) is 59.8 Å². The lowest BCUT2D eigenvalue weighted by atomic mass is 9.91. The Labute approximate surface area is 179 Å². The summed E-state index contributed by atoms with van der Waals surface area (Å²) in [6.45, 7) is 15.1. The van der Waals surface area contributed by atoms with E-state index < -0.39 is 0 Å². The lowest BCUT2D eigenvalue weighted by Gasteiger charge is -2.16. The van der Waals surface area contributed by atoms with Gasteiger partial charge in [0.2, 0.25) is 0 Å². The van der Waals surface area contributed by atoms with Crippen molar-refractivity contribution >= 4 is 0 Å². The molecule has 0 spiro atoms. The fourth-order valence-corrected chi connectivity index (χ4v) is 3.21. The first-order valence-corrected chi connectivity index (χ1v) is 11.6. The number of rotatable bonds is 23. The molecule has 0 bridgehead atoms. The van der Waals surface area contributed by atoms with E-state index in [1.807, 2.05) is 0 Å². The van der Waals surface area contributed by atoms with E-state index in [1.165, 1.54) is 25.7 Å². The Morgan fingerprint density at radius 3 is 1.38 bits per heavy atom. The van der Waals surface area contributed by atoms with Crippen molar-refractivity contribution in [2.24, 2.45) is 17.8 Å². The standard InChI is InChI=1S/C23H48O6/c1-21(2)20-23(4)7-5-6-22(3)8-10-25-12-14-27-16-18-29-19-17-28-15-13-26-11-9-24/h21-24H,5-20H2,1-4H3. The molecule has 0 aliphatic carbocycles. The topological polar surface area (TPSA) is 66.4 Å². The molecule has 0 rings (SSSR count). The molecule has 29 heavy (non-hydrogen) atoms. The van der Waals surface area contributed by atoms with Gasteiger partial charge in [-0.05, 0) is 30.6 Å². The molecule has 6 heteroatoms. The first-order chi connectivity index (χ1) is 14.1. The lowest BCUT2D eigenvalue weighted by Crippen LogP contribution is -2.14. The van der Waals surface area contributed by atoms with Crippen molar-refractivity contribution in [2.45, 2.75) is 59.8 Å². The zero-order valence-electron chi connectivity index (χ0n) is 19.5. The summed E-state index contributed by atoms with van der Waals surface area (Å²) < 4.78 is 27.0. The van der Waals surface area contributed by atoms with E-state index in [-0.39, 0.29) is 6.61 Å². The number of ether oxygens (including phenoxy) is 5. The molecule has 0 aromatic heterocycles. The fraction of sp³-hybridized carbons (Fsp3) is 1.00. The summed E-state index contributed by atoms with van der Waals surface area (Å²) in [4.78, 5) is 0. The Balaban J connectivity index is 3.19. The van der Waals surface area contributed by atoms with Crippen LogP contribution in [-0.4, -0.2) is 77.8 Å². The maximum absolute atomic E-state index is 8.55. The molecule has 6 nitrogen and oxygen atoms in total. The van der Waals surface area contributed by atoms with Gasteiger partial charge in [0.05, 0.1) is 66.1 Å². The summed E-state index contributed by atoms with van der Waals surface area (Å²) in [5.74, 6) is 2.40. The molecule has 0 heterocycles. The second-order valence-corrected chi connectivity index (χ2v) is 8.34. The molecular weight excluding hydrogens is 372 g/mol. The predicted molar refractivity (Wildman–Crippen MR) is 117 cm³/mol. The molecule has 176 valence electrons. The summed E-state index contributed by atoms with van der Waals surface area (Å²) in [6, 6.07) is 0. The maximum Gasteiger partial charge on any atom is 0.0701 e. The zero-order valence-corrected chi connectivity index (χ0v) is 19.5. The molecule has 0 aliphatic rings. The molecule has 0 fully saturated rings. The van der Waals surface area contributed by atoms with Crippen LogP contribution in [0.2, 0.25) is 0 Å². The van der Waals surface area contributed by atoms with E-state index in [4.69, 9.17) is 28.8 Å². The molecule has 2 atom stereocenters. The van der Waals surface area contributed by atoms with Gasteiger partial charge in [-0.25, -0.2) is 0 Å². The van der Waals surface area contributed by atoms with Gasteiger partial charge in [-0.1, -0.05) is 47.0 Å². The maximum atomic E-state index is 8.55. The second-order valence-electron chi connectivity index (χ2n) is 8.34. The number of hydrogen-bond acceptors (Lipinski definition) is 6. The van der Waals surface area contributed by atoms with Gasteiger partial charge in [-0.3, -0.25) is 0 Å². The SMILES string of the molecule is CC(C)CC(C)CCCC(C)CCOCCOCCOCCOCCOCCO. The normalized spacial score (nSPS) is 13.9. The van der Waals surface area contributed by atoms with E-state index in [2.05, 4.69) is 27.7 Å². The van der Waals surface area contributed by atoms with Crippen LogP contribution in [0.5, 0.6) is 0 Å². The van der Waals surface area contributed by atoms with E-state index in [0.29, 0.717) is 59.5 Å². The monoisotopic (exact) mass is 420 g/mol. The third-order valence-electron chi connectivity index (χ3n) is 4.75. The van der Waals surface area contributed by atoms with E-state index in [1.54, 1.807) is 0 Å². The number of aliphatic hydroxyl groups excluding tert-OH is 1. The van der Waals surface area contributed by atoms with Crippen LogP contribution in [0, 0.1) is 17.8 Å². The summed E-state index contributed by atoms with van der Waals surface area (Å²) in [7, 11) is 0. The highest BCUT2D eigenvalue weighted by Gasteiger charge is 2.07. The quantitative estimate of drug-likeness (QED) is 0.253. The molecule has 0 amide bonds. The average Bonchev–Trinajstić information content (AvgIpc) is 2.67. The van der Waals surface area contributed by atoms with Crippen molar-refractivity contribution in [1.82, 2.24) is 0 Å². The highest BCUT2D eigenvalue weighted by atomic mass is 16.6. The molecule has 0 aliphatic heterocycles. The summed E-state index contributed by atoms with van der Waals surface area (Å²) >= 11 is 0. The Morgan fingerprint density at radius 2 is 0.931 bits per heavy atom. The smallest absolute Gasteiger partial charge is 0.0701 e. The molecule has 0 saturated heterocycles. The minimum atomic E-state index is 0.0470. The van der Waals surface area contributed by atoms with Crippen LogP contribution in [0.25, 0.3) is 0 Å². The highest BCUT2D eigenvalue weighted by Crippen LogP contribution is 2.20. The Bertz CT molecular complexity index is 314.